The Hall–Kier alpha value is -0.680. The van der Waals surface area contributed by atoms with Crippen molar-refractivity contribution >= 4 is 11.3 Å². The van der Waals surface area contributed by atoms with Crippen LogP contribution in [0, 0.1) is 5.92 Å². The maximum atomic E-state index is 5.71. The van der Waals surface area contributed by atoms with Gasteiger partial charge in [-0.1, -0.05) is 24.2 Å². The minimum absolute atomic E-state index is 0.724. The van der Waals surface area contributed by atoms with Gasteiger partial charge in [0, 0.05) is 6.04 Å². The van der Waals surface area contributed by atoms with Crippen LogP contribution >= 0.6 is 11.3 Å². The van der Waals surface area contributed by atoms with E-state index in [4.69, 9.17) is 4.74 Å². The van der Waals surface area contributed by atoms with Crippen molar-refractivity contribution < 1.29 is 4.74 Å². The monoisotopic (exact) mass is 253 g/mol. The van der Waals surface area contributed by atoms with E-state index in [2.05, 4.69) is 15.5 Å². The fraction of sp³-hybridized carbons (Fsp3) is 0.833. The Balaban J connectivity index is 1.42. The topological polar surface area (TPSA) is 47.0 Å². The smallest absolute Gasteiger partial charge is 0.294 e. The van der Waals surface area contributed by atoms with Gasteiger partial charge in [-0.15, -0.1) is 10.2 Å². The van der Waals surface area contributed by atoms with Crippen LogP contribution in [-0.2, 0) is 6.54 Å². The summed E-state index contributed by atoms with van der Waals surface area (Å²) in [6.07, 6.45) is 7.97. The third-order valence-electron chi connectivity index (χ3n) is 3.48. The zero-order valence-corrected chi connectivity index (χ0v) is 10.8. The molecule has 0 spiro atoms. The molecule has 1 aromatic heterocycles. The van der Waals surface area contributed by atoms with Crippen molar-refractivity contribution in [2.75, 3.05) is 6.61 Å². The first-order valence-corrected chi connectivity index (χ1v) is 7.40. The van der Waals surface area contributed by atoms with Crippen LogP contribution in [0.5, 0.6) is 5.19 Å². The molecule has 1 N–H and O–H groups in total. The van der Waals surface area contributed by atoms with Crippen LogP contribution in [-0.4, -0.2) is 22.8 Å². The van der Waals surface area contributed by atoms with Gasteiger partial charge < -0.3 is 10.1 Å². The molecule has 0 bridgehead atoms. The summed E-state index contributed by atoms with van der Waals surface area (Å²) in [5, 5.41) is 13.4. The van der Waals surface area contributed by atoms with Gasteiger partial charge in [-0.3, -0.25) is 0 Å². The Bertz CT molecular complexity index is 358. The SMILES string of the molecule is C1CCC(COc2nnc(CNC3CC3)s2)C1. The summed E-state index contributed by atoms with van der Waals surface area (Å²) in [5.74, 6) is 0.743. The first-order valence-electron chi connectivity index (χ1n) is 6.59. The lowest BCUT2D eigenvalue weighted by Crippen LogP contribution is -2.14. The normalized spacial score (nSPS) is 20.9. The largest absolute Gasteiger partial charge is 0.469 e. The molecule has 2 fully saturated rings. The zero-order valence-electron chi connectivity index (χ0n) is 10.0. The molecule has 2 aliphatic carbocycles. The lowest BCUT2D eigenvalue weighted by atomic mass is 10.1. The molecule has 5 heteroatoms. The van der Waals surface area contributed by atoms with Crippen LogP contribution < -0.4 is 10.1 Å². The molecular weight excluding hydrogens is 234 g/mol. The van der Waals surface area contributed by atoms with E-state index in [1.54, 1.807) is 11.3 Å². The standard InChI is InChI=1S/C12H19N3OS/c1-2-4-9(3-1)8-16-12-15-14-11(17-12)7-13-10-5-6-10/h9-10,13H,1-8H2. The highest BCUT2D eigenvalue weighted by Crippen LogP contribution is 2.27. The van der Waals surface area contributed by atoms with Crippen LogP contribution in [0.3, 0.4) is 0 Å². The third kappa shape index (κ3) is 3.39. The van der Waals surface area contributed by atoms with Crippen LogP contribution in [0.1, 0.15) is 43.5 Å². The number of hydrogen-bond acceptors (Lipinski definition) is 5. The van der Waals surface area contributed by atoms with E-state index in [-0.39, 0.29) is 0 Å². The van der Waals surface area contributed by atoms with Crippen molar-refractivity contribution in [3.8, 4) is 5.19 Å². The number of ether oxygens (including phenoxy) is 1. The van der Waals surface area contributed by atoms with Gasteiger partial charge in [0.15, 0.2) is 0 Å². The summed E-state index contributed by atoms with van der Waals surface area (Å²) < 4.78 is 5.71. The summed E-state index contributed by atoms with van der Waals surface area (Å²) in [6.45, 7) is 1.67. The van der Waals surface area contributed by atoms with Crippen LogP contribution in [0.4, 0.5) is 0 Å². The molecule has 0 amide bonds. The van der Waals surface area contributed by atoms with Crippen molar-refractivity contribution in [1.82, 2.24) is 15.5 Å². The molecule has 3 rings (SSSR count). The second kappa shape index (κ2) is 5.31. The molecule has 0 atom stereocenters. The number of nitrogens with one attached hydrogen (secondary N) is 1. The van der Waals surface area contributed by atoms with Gasteiger partial charge in [-0.05, 0) is 31.6 Å². The summed E-state index contributed by atoms with van der Waals surface area (Å²) in [4.78, 5) is 0. The number of hydrogen-bond donors (Lipinski definition) is 1. The lowest BCUT2D eigenvalue weighted by Gasteiger charge is -2.07. The van der Waals surface area contributed by atoms with Crippen LogP contribution in [0.2, 0.25) is 0 Å². The van der Waals surface area contributed by atoms with Gasteiger partial charge in [0.25, 0.3) is 5.19 Å². The molecular formula is C12H19N3OS. The average Bonchev–Trinajstić information content (AvgIpc) is 2.86. The first kappa shape index (κ1) is 11.4. The van der Waals surface area contributed by atoms with Crippen molar-refractivity contribution in [3.05, 3.63) is 5.01 Å². The highest BCUT2D eigenvalue weighted by atomic mass is 32.1. The van der Waals surface area contributed by atoms with Gasteiger partial charge in [0.05, 0.1) is 13.2 Å². The lowest BCUT2D eigenvalue weighted by molar-refractivity contribution is 0.249. The second-order valence-electron chi connectivity index (χ2n) is 5.08. The highest BCUT2D eigenvalue weighted by molar-refractivity contribution is 7.13. The Morgan fingerprint density at radius 1 is 1.18 bits per heavy atom. The van der Waals surface area contributed by atoms with E-state index in [0.717, 1.165) is 35.3 Å². The zero-order chi connectivity index (χ0) is 11.5. The minimum Gasteiger partial charge on any atom is -0.469 e. The molecule has 94 valence electrons. The molecule has 0 aliphatic heterocycles. The minimum atomic E-state index is 0.724. The van der Waals surface area contributed by atoms with Gasteiger partial charge in [-0.2, -0.15) is 0 Å². The summed E-state index contributed by atoms with van der Waals surface area (Å²) >= 11 is 1.58. The van der Waals surface area contributed by atoms with Crippen molar-refractivity contribution in [1.29, 1.82) is 0 Å². The fourth-order valence-electron chi connectivity index (χ4n) is 2.25. The molecule has 2 aliphatic rings. The van der Waals surface area contributed by atoms with Gasteiger partial charge in [-0.25, -0.2) is 0 Å². The molecule has 0 saturated heterocycles. The molecule has 4 nitrogen and oxygen atoms in total. The van der Waals surface area contributed by atoms with Crippen LogP contribution in [0.25, 0.3) is 0 Å². The maximum absolute atomic E-state index is 5.71. The number of rotatable bonds is 6. The van der Waals surface area contributed by atoms with Gasteiger partial charge in [0.1, 0.15) is 5.01 Å². The molecule has 2 saturated carbocycles. The summed E-state index contributed by atoms with van der Waals surface area (Å²) in [5.41, 5.74) is 0. The summed E-state index contributed by atoms with van der Waals surface area (Å²) in [7, 11) is 0. The quantitative estimate of drug-likeness (QED) is 0.845. The molecule has 1 heterocycles. The van der Waals surface area contributed by atoms with Crippen LogP contribution in [0.15, 0.2) is 0 Å². The van der Waals surface area contributed by atoms with Crippen molar-refractivity contribution in [2.24, 2.45) is 5.92 Å². The first-order chi connectivity index (χ1) is 8.40. The van der Waals surface area contributed by atoms with Crippen molar-refractivity contribution in [3.63, 3.8) is 0 Å². The second-order valence-corrected chi connectivity index (χ2v) is 6.10. The Labute approximate surface area is 106 Å². The maximum Gasteiger partial charge on any atom is 0.294 e. The Kier molecular flexibility index (Phi) is 3.57. The molecule has 1 aromatic rings. The molecule has 17 heavy (non-hydrogen) atoms. The predicted octanol–water partition coefficient (Wildman–Crippen LogP) is 2.36. The fourth-order valence-corrected chi connectivity index (χ4v) is 2.90. The molecule has 0 unspecified atom stereocenters. The van der Waals surface area contributed by atoms with E-state index in [0.29, 0.717) is 0 Å². The highest BCUT2D eigenvalue weighted by Gasteiger charge is 2.21. The summed E-state index contributed by atoms with van der Waals surface area (Å²) in [6, 6.07) is 0.724. The van der Waals surface area contributed by atoms with E-state index < -0.39 is 0 Å². The molecule has 0 radical (unpaired) electrons. The predicted molar refractivity (Wildman–Crippen MR) is 67.2 cm³/mol. The Morgan fingerprint density at radius 3 is 2.76 bits per heavy atom. The van der Waals surface area contributed by atoms with Gasteiger partial charge >= 0.3 is 0 Å². The van der Waals surface area contributed by atoms with Gasteiger partial charge in [0.2, 0.25) is 0 Å². The van der Waals surface area contributed by atoms with E-state index in [1.165, 1.54) is 38.5 Å². The van der Waals surface area contributed by atoms with Crippen molar-refractivity contribution in [2.45, 2.75) is 51.1 Å². The average molecular weight is 253 g/mol. The Morgan fingerprint density at radius 2 is 2.00 bits per heavy atom. The number of nitrogens with zero attached hydrogens (tertiary/aromatic N) is 2. The third-order valence-corrected chi connectivity index (χ3v) is 4.32. The van der Waals surface area contributed by atoms with E-state index in [9.17, 15) is 0 Å². The van der Waals surface area contributed by atoms with E-state index >= 15 is 0 Å². The number of aromatic nitrogens is 2. The molecule has 0 aromatic carbocycles. The van der Waals surface area contributed by atoms with E-state index in [1.807, 2.05) is 0 Å².